The van der Waals surface area contributed by atoms with Gasteiger partial charge in [-0.05, 0) is 18.6 Å². The Labute approximate surface area is 178 Å². The molecule has 0 N–H and O–H groups in total. The van der Waals surface area contributed by atoms with Gasteiger partial charge >= 0.3 is 0 Å². The monoisotopic (exact) mass is 423 g/mol. The summed E-state index contributed by atoms with van der Waals surface area (Å²) in [5.74, 6) is 2.40. The Bertz CT molecular complexity index is 1130. The van der Waals surface area contributed by atoms with Crippen LogP contribution in [0.1, 0.15) is 11.9 Å². The molecule has 0 bridgehead atoms. The van der Waals surface area contributed by atoms with Crippen LogP contribution in [0.4, 0.5) is 0 Å². The Morgan fingerprint density at radius 2 is 1.53 bits per heavy atom. The molecule has 4 rings (SSSR count). The predicted octanol–water partition coefficient (Wildman–Crippen LogP) is 5.12. The Morgan fingerprint density at radius 1 is 0.867 bits per heavy atom. The summed E-state index contributed by atoms with van der Waals surface area (Å²) < 4.78 is 21.6. The topological polar surface area (TPSA) is 79.5 Å². The van der Waals surface area contributed by atoms with E-state index in [0.717, 1.165) is 28.2 Å². The summed E-state index contributed by atoms with van der Waals surface area (Å²) in [6.45, 7) is 2.10. The summed E-state index contributed by atoms with van der Waals surface area (Å²) in [6, 6.07) is 11.5. The van der Waals surface area contributed by atoms with Crippen LogP contribution in [-0.4, -0.2) is 36.5 Å². The standard InChI is InChI=1S/C22H21N3O4S/c1-5-19-23-16(12-30-19)13-6-8-14(9-7-13)21-24-22(29-25-21)15-10-17(26-2)20(28-4)18(11-15)27-3/h6-12H,5H2,1-4H3. The largest absolute Gasteiger partial charge is 0.493 e. The maximum absolute atomic E-state index is 5.49. The van der Waals surface area contributed by atoms with Gasteiger partial charge in [0.15, 0.2) is 11.5 Å². The van der Waals surface area contributed by atoms with E-state index in [-0.39, 0.29) is 0 Å². The molecule has 0 fully saturated rings. The predicted molar refractivity (Wildman–Crippen MR) is 115 cm³/mol. The third-order valence-corrected chi connectivity index (χ3v) is 5.62. The molecule has 7 nitrogen and oxygen atoms in total. The van der Waals surface area contributed by atoms with Gasteiger partial charge < -0.3 is 18.7 Å². The zero-order valence-corrected chi connectivity index (χ0v) is 17.9. The van der Waals surface area contributed by atoms with Gasteiger partial charge in [-0.1, -0.05) is 36.3 Å². The van der Waals surface area contributed by atoms with Crippen molar-refractivity contribution in [1.29, 1.82) is 0 Å². The summed E-state index contributed by atoms with van der Waals surface area (Å²) >= 11 is 1.67. The molecule has 0 amide bonds. The smallest absolute Gasteiger partial charge is 0.258 e. The van der Waals surface area contributed by atoms with E-state index < -0.39 is 0 Å². The average molecular weight is 423 g/mol. The number of benzene rings is 2. The second-order valence-electron chi connectivity index (χ2n) is 6.39. The van der Waals surface area contributed by atoms with Crippen LogP contribution in [0.15, 0.2) is 46.3 Å². The lowest BCUT2D eigenvalue weighted by Gasteiger charge is -2.12. The third kappa shape index (κ3) is 3.73. The van der Waals surface area contributed by atoms with Crippen LogP contribution in [0.5, 0.6) is 17.2 Å². The Hall–Kier alpha value is -3.39. The molecule has 0 spiro atoms. The van der Waals surface area contributed by atoms with E-state index in [0.29, 0.717) is 34.5 Å². The van der Waals surface area contributed by atoms with Crippen LogP contribution >= 0.6 is 11.3 Å². The fourth-order valence-corrected chi connectivity index (χ4v) is 3.81. The van der Waals surface area contributed by atoms with Crippen molar-refractivity contribution in [2.24, 2.45) is 0 Å². The highest BCUT2D eigenvalue weighted by Crippen LogP contribution is 2.41. The van der Waals surface area contributed by atoms with Crippen molar-refractivity contribution in [3.63, 3.8) is 0 Å². The molecule has 0 unspecified atom stereocenters. The number of hydrogen-bond donors (Lipinski definition) is 0. The fourth-order valence-electron chi connectivity index (χ4n) is 3.06. The second kappa shape index (κ2) is 8.54. The molecule has 2 aromatic carbocycles. The quantitative estimate of drug-likeness (QED) is 0.408. The van der Waals surface area contributed by atoms with Gasteiger partial charge in [0.2, 0.25) is 11.6 Å². The SMILES string of the molecule is CCc1nc(-c2ccc(-c3noc(-c4cc(OC)c(OC)c(OC)c4)n3)cc2)cs1. The summed E-state index contributed by atoms with van der Waals surface area (Å²) in [4.78, 5) is 9.16. The van der Waals surface area contributed by atoms with Crippen molar-refractivity contribution < 1.29 is 18.7 Å². The molecule has 2 heterocycles. The van der Waals surface area contributed by atoms with Crippen molar-refractivity contribution in [3.8, 4) is 51.3 Å². The van der Waals surface area contributed by atoms with Crippen molar-refractivity contribution in [3.05, 3.63) is 46.8 Å². The van der Waals surface area contributed by atoms with E-state index in [2.05, 4.69) is 27.4 Å². The normalized spacial score (nSPS) is 10.8. The number of aromatic nitrogens is 3. The number of aryl methyl sites for hydroxylation is 1. The van der Waals surface area contributed by atoms with Crippen LogP contribution in [0.25, 0.3) is 34.1 Å². The minimum Gasteiger partial charge on any atom is -0.493 e. The molecule has 0 aliphatic rings. The number of thiazole rings is 1. The lowest BCUT2D eigenvalue weighted by atomic mass is 10.1. The highest BCUT2D eigenvalue weighted by atomic mass is 32.1. The van der Waals surface area contributed by atoms with Gasteiger partial charge in [-0.25, -0.2) is 4.98 Å². The molecule has 30 heavy (non-hydrogen) atoms. The molecule has 4 aromatic rings. The van der Waals surface area contributed by atoms with Crippen molar-refractivity contribution in [2.45, 2.75) is 13.3 Å². The minimum absolute atomic E-state index is 0.361. The zero-order valence-electron chi connectivity index (χ0n) is 17.1. The molecule has 0 aliphatic carbocycles. The molecule has 154 valence electrons. The number of nitrogens with zero attached hydrogens (tertiary/aromatic N) is 3. The maximum atomic E-state index is 5.49. The van der Waals surface area contributed by atoms with E-state index >= 15 is 0 Å². The molecular weight excluding hydrogens is 402 g/mol. The molecule has 2 aromatic heterocycles. The first kappa shape index (κ1) is 19.9. The van der Waals surface area contributed by atoms with E-state index in [1.165, 1.54) is 0 Å². The zero-order chi connectivity index (χ0) is 21.1. The highest BCUT2D eigenvalue weighted by molar-refractivity contribution is 7.09. The Balaban J connectivity index is 1.63. The number of methoxy groups -OCH3 is 3. The van der Waals surface area contributed by atoms with Gasteiger partial charge in [-0.3, -0.25) is 0 Å². The number of rotatable bonds is 7. The molecule has 0 saturated heterocycles. The van der Waals surface area contributed by atoms with E-state index in [9.17, 15) is 0 Å². The van der Waals surface area contributed by atoms with Gasteiger partial charge in [-0.15, -0.1) is 11.3 Å². The lowest BCUT2D eigenvalue weighted by Crippen LogP contribution is -1.95. The first-order valence-electron chi connectivity index (χ1n) is 9.36. The Morgan fingerprint density at radius 3 is 2.10 bits per heavy atom. The first-order chi connectivity index (χ1) is 14.7. The van der Waals surface area contributed by atoms with Crippen molar-refractivity contribution >= 4 is 11.3 Å². The highest BCUT2D eigenvalue weighted by Gasteiger charge is 2.18. The van der Waals surface area contributed by atoms with Crippen LogP contribution < -0.4 is 14.2 Å². The van der Waals surface area contributed by atoms with Crippen molar-refractivity contribution in [1.82, 2.24) is 15.1 Å². The number of ether oxygens (including phenoxy) is 3. The minimum atomic E-state index is 0.361. The van der Waals surface area contributed by atoms with E-state index in [1.54, 1.807) is 44.8 Å². The van der Waals surface area contributed by atoms with E-state index in [1.807, 2.05) is 24.3 Å². The average Bonchev–Trinajstić information content (AvgIpc) is 3.48. The van der Waals surface area contributed by atoms with E-state index in [4.69, 9.17) is 18.7 Å². The Kier molecular flexibility index (Phi) is 5.67. The fraction of sp³-hybridized carbons (Fsp3) is 0.227. The third-order valence-electron chi connectivity index (χ3n) is 4.63. The van der Waals surface area contributed by atoms with Gasteiger partial charge in [0.25, 0.3) is 5.89 Å². The maximum Gasteiger partial charge on any atom is 0.258 e. The summed E-state index contributed by atoms with van der Waals surface area (Å²) in [7, 11) is 4.69. The van der Waals surface area contributed by atoms with Gasteiger partial charge in [0.05, 0.1) is 32.0 Å². The molecule has 0 atom stereocenters. The summed E-state index contributed by atoms with van der Waals surface area (Å²) in [6.07, 6.45) is 0.940. The number of hydrogen-bond acceptors (Lipinski definition) is 8. The van der Waals surface area contributed by atoms with Gasteiger partial charge in [0.1, 0.15) is 0 Å². The van der Waals surface area contributed by atoms with Crippen LogP contribution in [0.2, 0.25) is 0 Å². The van der Waals surface area contributed by atoms with Gasteiger partial charge in [-0.2, -0.15) is 4.98 Å². The van der Waals surface area contributed by atoms with Crippen molar-refractivity contribution in [2.75, 3.05) is 21.3 Å². The van der Waals surface area contributed by atoms with Crippen LogP contribution in [0.3, 0.4) is 0 Å². The molecule has 0 radical (unpaired) electrons. The molecule has 8 heteroatoms. The molecule has 0 saturated carbocycles. The van der Waals surface area contributed by atoms with Crippen LogP contribution in [0, 0.1) is 0 Å². The second-order valence-corrected chi connectivity index (χ2v) is 7.34. The molecule has 0 aliphatic heterocycles. The lowest BCUT2D eigenvalue weighted by molar-refractivity contribution is 0.324. The van der Waals surface area contributed by atoms with Crippen LogP contribution in [-0.2, 0) is 6.42 Å². The summed E-state index contributed by atoms with van der Waals surface area (Å²) in [5.41, 5.74) is 3.57. The molecular formula is C22H21N3O4S. The summed E-state index contributed by atoms with van der Waals surface area (Å²) in [5, 5.41) is 7.32. The van der Waals surface area contributed by atoms with Gasteiger partial charge in [0, 0.05) is 22.1 Å². The first-order valence-corrected chi connectivity index (χ1v) is 10.2.